The molecule has 126 valence electrons. The molecule has 1 aromatic carbocycles. The number of hydrogen-bond acceptors (Lipinski definition) is 3. The monoisotopic (exact) mass is 347 g/mol. The van der Waals surface area contributed by atoms with E-state index in [9.17, 15) is 9.59 Å². The van der Waals surface area contributed by atoms with E-state index in [1.807, 2.05) is 26.0 Å². The Balaban J connectivity index is 1.81. The molecule has 0 atom stereocenters. The van der Waals surface area contributed by atoms with Gasteiger partial charge < -0.3 is 10.4 Å². The van der Waals surface area contributed by atoms with Gasteiger partial charge in [-0.05, 0) is 51.0 Å². The summed E-state index contributed by atoms with van der Waals surface area (Å²) in [5.41, 5.74) is 2.20. The Hall–Kier alpha value is -2.34. The topological polar surface area (TPSA) is 84.2 Å². The smallest absolute Gasteiger partial charge is 0.329 e. The minimum absolute atomic E-state index is 0.111. The van der Waals surface area contributed by atoms with E-state index in [0.29, 0.717) is 17.9 Å². The van der Waals surface area contributed by atoms with Crippen LogP contribution in [0, 0.1) is 13.8 Å². The van der Waals surface area contributed by atoms with Crippen LogP contribution < -0.4 is 5.32 Å². The van der Waals surface area contributed by atoms with Gasteiger partial charge in [-0.3, -0.25) is 4.79 Å². The largest absolute Gasteiger partial charge is 0.480 e. The number of nitrogens with zero attached hydrogens (tertiary/aromatic N) is 2. The number of halogens is 1. The second kappa shape index (κ2) is 5.94. The highest BCUT2D eigenvalue weighted by molar-refractivity contribution is 6.30. The molecular weight excluding hydrogens is 330 g/mol. The zero-order valence-electron chi connectivity index (χ0n) is 13.5. The highest BCUT2D eigenvalue weighted by atomic mass is 35.5. The zero-order chi connectivity index (χ0) is 17.5. The van der Waals surface area contributed by atoms with Crippen molar-refractivity contribution in [3.05, 3.63) is 46.2 Å². The molecule has 6 nitrogen and oxygen atoms in total. The normalized spacial score (nSPS) is 15.1. The molecule has 1 heterocycles. The molecule has 1 aromatic heterocycles. The molecule has 2 N–H and O–H groups in total. The standard InChI is InChI=1S/C17H18ClN3O3/c1-10-14(9-15(22)19-17(7-8-17)16(23)24)11(2)21(20-10)13-5-3-12(18)4-6-13/h3-6H,7-9H2,1-2H3,(H,19,22)(H,23,24). The summed E-state index contributed by atoms with van der Waals surface area (Å²) in [4.78, 5) is 23.4. The molecule has 7 heteroatoms. The van der Waals surface area contributed by atoms with Gasteiger partial charge in [0, 0.05) is 16.3 Å². The van der Waals surface area contributed by atoms with Gasteiger partial charge in [0.15, 0.2) is 0 Å². The minimum Gasteiger partial charge on any atom is -0.480 e. The molecule has 1 fully saturated rings. The van der Waals surface area contributed by atoms with Gasteiger partial charge in [-0.15, -0.1) is 0 Å². The van der Waals surface area contributed by atoms with Crippen LogP contribution in [-0.2, 0) is 16.0 Å². The van der Waals surface area contributed by atoms with E-state index >= 15 is 0 Å². The summed E-state index contributed by atoms with van der Waals surface area (Å²) in [7, 11) is 0. The Morgan fingerprint density at radius 3 is 2.46 bits per heavy atom. The fraction of sp³-hybridized carbons (Fsp3) is 0.353. The molecular formula is C17H18ClN3O3. The molecule has 2 aromatic rings. The molecule has 0 spiro atoms. The zero-order valence-corrected chi connectivity index (χ0v) is 14.2. The van der Waals surface area contributed by atoms with E-state index in [1.54, 1.807) is 16.8 Å². The molecule has 24 heavy (non-hydrogen) atoms. The maximum atomic E-state index is 12.2. The first-order valence-electron chi connectivity index (χ1n) is 7.68. The van der Waals surface area contributed by atoms with Crippen molar-refractivity contribution in [2.45, 2.75) is 38.6 Å². The van der Waals surface area contributed by atoms with Crippen LogP contribution in [0.25, 0.3) is 5.69 Å². The van der Waals surface area contributed by atoms with Gasteiger partial charge in [-0.1, -0.05) is 11.6 Å². The van der Waals surface area contributed by atoms with Crippen LogP contribution >= 0.6 is 11.6 Å². The summed E-state index contributed by atoms with van der Waals surface area (Å²) in [6, 6.07) is 7.28. The maximum Gasteiger partial charge on any atom is 0.329 e. The number of rotatable bonds is 5. The lowest BCUT2D eigenvalue weighted by molar-refractivity contribution is -0.143. The Bertz CT molecular complexity index is 807. The first-order valence-corrected chi connectivity index (χ1v) is 8.06. The summed E-state index contributed by atoms with van der Waals surface area (Å²) < 4.78 is 1.76. The van der Waals surface area contributed by atoms with Crippen LogP contribution in [0.3, 0.4) is 0 Å². The Labute approximate surface area is 144 Å². The van der Waals surface area contributed by atoms with Crippen LogP contribution in [0.5, 0.6) is 0 Å². The van der Waals surface area contributed by atoms with Crippen LogP contribution in [0.2, 0.25) is 5.02 Å². The SMILES string of the molecule is Cc1nn(-c2ccc(Cl)cc2)c(C)c1CC(=O)NC1(C(=O)O)CC1. The summed E-state index contributed by atoms with van der Waals surface area (Å²) >= 11 is 5.91. The predicted octanol–water partition coefficient (Wildman–Crippen LogP) is 2.42. The van der Waals surface area contributed by atoms with Crippen molar-refractivity contribution in [1.29, 1.82) is 0 Å². The molecule has 0 unspecified atom stereocenters. The minimum atomic E-state index is -1.06. The Morgan fingerprint density at radius 1 is 1.29 bits per heavy atom. The summed E-state index contributed by atoms with van der Waals surface area (Å²) in [6.45, 7) is 3.73. The number of nitrogens with one attached hydrogen (secondary N) is 1. The van der Waals surface area contributed by atoms with Crippen molar-refractivity contribution in [3.63, 3.8) is 0 Å². The lowest BCUT2D eigenvalue weighted by Gasteiger charge is -2.12. The Kier molecular flexibility index (Phi) is 4.09. The van der Waals surface area contributed by atoms with E-state index in [1.165, 1.54) is 0 Å². The van der Waals surface area contributed by atoms with E-state index < -0.39 is 11.5 Å². The molecule has 1 aliphatic carbocycles. The molecule has 1 amide bonds. The number of hydrogen-bond donors (Lipinski definition) is 2. The predicted molar refractivity (Wildman–Crippen MR) is 89.5 cm³/mol. The summed E-state index contributed by atoms with van der Waals surface area (Å²) in [5, 5.41) is 16.9. The second-order valence-corrected chi connectivity index (χ2v) is 6.59. The van der Waals surface area contributed by atoms with Gasteiger partial charge in [-0.2, -0.15) is 5.10 Å². The number of benzene rings is 1. The number of carboxylic acid groups (broad SMARTS) is 1. The van der Waals surface area contributed by atoms with Gasteiger partial charge in [0.25, 0.3) is 0 Å². The van der Waals surface area contributed by atoms with Crippen LogP contribution in [0.4, 0.5) is 0 Å². The van der Waals surface area contributed by atoms with E-state index in [0.717, 1.165) is 22.6 Å². The quantitative estimate of drug-likeness (QED) is 0.870. The fourth-order valence-electron chi connectivity index (χ4n) is 2.75. The lowest BCUT2D eigenvalue weighted by atomic mass is 10.1. The van der Waals surface area contributed by atoms with Crippen LogP contribution in [0.1, 0.15) is 29.8 Å². The second-order valence-electron chi connectivity index (χ2n) is 6.15. The van der Waals surface area contributed by atoms with Crippen molar-refractivity contribution in [3.8, 4) is 5.69 Å². The third-order valence-electron chi connectivity index (χ3n) is 4.39. The van der Waals surface area contributed by atoms with Gasteiger partial charge in [0.1, 0.15) is 5.54 Å². The number of aryl methyl sites for hydroxylation is 1. The highest BCUT2D eigenvalue weighted by Gasteiger charge is 2.51. The van der Waals surface area contributed by atoms with Crippen LogP contribution in [-0.4, -0.2) is 32.3 Å². The van der Waals surface area contributed by atoms with Crippen molar-refractivity contribution in [2.75, 3.05) is 0 Å². The third kappa shape index (κ3) is 3.01. The van der Waals surface area contributed by atoms with E-state index in [2.05, 4.69) is 10.4 Å². The van der Waals surface area contributed by atoms with E-state index in [4.69, 9.17) is 16.7 Å². The van der Waals surface area contributed by atoms with Crippen molar-refractivity contribution < 1.29 is 14.7 Å². The fourth-order valence-corrected chi connectivity index (χ4v) is 2.88. The van der Waals surface area contributed by atoms with Crippen molar-refractivity contribution in [1.82, 2.24) is 15.1 Å². The molecule has 0 saturated heterocycles. The molecule has 3 rings (SSSR count). The van der Waals surface area contributed by atoms with E-state index in [-0.39, 0.29) is 12.3 Å². The lowest BCUT2D eigenvalue weighted by Crippen LogP contribution is -2.43. The number of amides is 1. The molecule has 0 radical (unpaired) electrons. The van der Waals surface area contributed by atoms with Gasteiger partial charge in [0.05, 0.1) is 17.8 Å². The summed E-state index contributed by atoms with van der Waals surface area (Å²) in [5.74, 6) is -1.27. The molecule has 1 aliphatic rings. The Morgan fingerprint density at radius 2 is 1.92 bits per heavy atom. The number of carbonyl (C=O) groups is 2. The number of carbonyl (C=O) groups excluding carboxylic acids is 1. The maximum absolute atomic E-state index is 12.2. The van der Waals surface area contributed by atoms with Crippen molar-refractivity contribution >= 4 is 23.5 Å². The number of aromatic nitrogens is 2. The molecule has 0 aliphatic heterocycles. The van der Waals surface area contributed by atoms with Gasteiger partial charge >= 0.3 is 5.97 Å². The first-order chi connectivity index (χ1) is 11.3. The molecule has 1 saturated carbocycles. The highest BCUT2D eigenvalue weighted by Crippen LogP contribution is 2.35. The van der Waals surface area contributed by atoms with Crippen LogP contribution in [0.15, 0.2) is 24.3 Å². The number of aliphatic carboxylic acids is 1. The van der Waals surface area contributed by atoms with Crippen molar-refractivity contribution in [2.24, 2.45) is 0 Å². The first kappa shape index (κ1) is 16.5. The summed E-state index contributed by atoms with van der Waals surface area (Å²) in [6.07, 6.45) is 1.08. The average molecular weight is 348 g/mol. The van der Waals surface area contributed by atoms with Gasteiger partial charge in [-0.25, -0.2) is 9.48 Å². The van der Waals surface area contributed by atoms with Gasteiger partial charge in [0.2, 0.25) is 5.91 Å². The average Bonchev–Trinajstić information content (AvgIpc) is 3.26. The number of carboxylic acids is 1. The molecule has 0 bridgehead atoms. The third-order valence-corrected chi connectivity index (χ3v) is 4.64.